The summed E-state index contributed by atoms with van der Waals surface area (Å²) in [5.41, 5.74) is 6.65. The second-order valence-corrected chi connectivity index (χ2v) is 12.4. The largest absolute Gasteiger partial charge is 0.256 e. The summed E-state index contributed by atoms with van der Waals surface area (Å²) in [6, 6.07) is 47.7. The van der Waals surface area contributed by atoms with Gasteiger partial charge in [-0.05, 0) is 41.8 Å². The van der Waals surface area contributed by atoms with Crippen LogP contribution in [-0.2, 0) is 0 Å². The summed E-state index contributed by atoms with van der Waals surface area (Å²) >= 11 is 1.82. The standard InChI is InChI=1S/C41H25N5S/c1-3-10-26(11-4-1)39-44-40(27-12-5-2-6-13-27)46-41(45-39)29-20-22-42-35(25-29)31-15-9-16-33-30(31)21-23-43-38(33)28-18-19-37-34(24-28)32-14-7-8-17-36(32)47-37/h1-25H. The topological polar surface area (TPSA) is 64.5 Å². The first kappa shape index (κ1) is 27.2. The Labute approximate surface area is 275 Å². The van der Waals surface area contributed by atoms with E-state index in [1.165, 1.54) is 20.2 Å². The van der Waals surface area contributed by atoms with E-state index >= 15 is 0 Å². The fourth-order valence-corrected chi connectivity index (χ4v) is 7.27. The van der Waals surface area contributed by atoms with E-state index < -0.39 is 0 Å². The van der Waals surface area contributed by atoms with E-state index in [9.17, 15) is 0 Å². The molecule has 0 fully saturated rings. The first-order valence-electron chi connectivity index (χ1n) is 15.4. The van der Waals surface area contributed by atoms with Crippen molar-refractivity contribution in [2.75, 3.05) is 0 Å². The van der Waals surface area contributed by atoms with E-state index in [1.54, 1.807) is 0 Å². The SMILES string of the molecule is c1ccc(-c2nc(-c3ccccc3)nc(-c3ccnc(-c4cccc5c(-c6ccc7sc8ccccc8c7c6)nccc45)c3)n2)cc1. The minimum absolute atomic E-state index is 0.597. The van der Waals surface area contributed by atoms with Gasteiger partial charge in [-0.1, -0.05) is 103 Å². The highest BCUT2D eigenvalue weighted by atomic mass is 32.1. The Balaban J connectivity index is 1.17. The highest BCUT2D eigenvalue weighted by molar-refractivity contribution is 7.25. The lowest BCUT2D eigenvalue weighted by molar-refractivity contribution is 1.07. The van der Waals surface area contributed by atoms with Gasteiger partial charge in [-0.15, -0.1) is 11.3 Å². The van der Waals surface area contributed by atoms with E-state index in [-0.39, 0.29) is 0 Å². The van der Waals surface area contributed by atoms with Crippen molar-refractivity contribution in [2.24, 2.45) is 0 Å². The molecule has 0 saturated carbocycles. The van der Waals surface area contributed by atoms with Gasteiger partial charge in [0.15, 0.2) is 17.5 Å². The molecule has 0 aliphatic rings. The fourth-order valence-electron chi connectivity index (χ4n) is 6.19. The van der Waals surface area contributed by atoms with Gasteiger partial charge in [0.25, 0.3) is 0 Å². The number of thiophene rings is 1. The molecule has 47 heavy (non-hydrogen) atoms. The molecule has 5 aromatic carbocycles. The molecule has 5 nitrogen and oxygen atoms in total. The van der Waals surface area contributed by atoms with Crippen LogP contribution in [0.15, 0.2) is 152 Å². The summed E-state index contributed by atoms with van der Waals surface area (Å²) < 4.78 is 2.57. The average Bonchev–Trinajstić information content (AvgIpc) is 3.53. The number of hydrogen-bond donors (Lipinski definition) is 0. The normalized spacial score (nSPS) is 11.4. The van der Waals surface area contributed by atoms with Crippen molar-refractivity contribution in [1.82, 2.24) is 24.9 Å². The summed E-state index contributed by atoms with van der Waals surface area (Å²) in [5, 5.41) is 4.70. The summed E-state index contributed by atoms with van der Waals surface area (Å²) in [4.78, 5) is 24.4. The molecule has 4 heterocycles. The molecule has 0 unspecified atom stereocenters. The molecule has 4 aromatic heterocycles. The van der Waals surface area contributed by atoms with E-state index in [0.29, 0.717) is 17.5 Å². The zero-order valence-electron chi connectivity index (χ0n) is 25.1. The van der Waals surface area contributed by atoms with Crippen LogP contribution >= 0.6 is 11.3 Å². The highest BCUT2D eigenvalue weighted by Gasteiger charge is 2.16. The van der Waals surface area contributed by atoms with Gasteiger partial charge in [0.05, 0.1) is 11.4 Å². The Kier molecular flexibility index (Phi) is 6.58. The predicted octanol–water partition coefficient (Wildman–Crippen LogP) is 10.5. The second kappa shape index (κ2) is 11.4. The molecule has 0 aliphatic carbocycles. The monoisotopic (exact) mass is 619 g/mol. The van der Waals surface area contributed by atoms with Crippen molar-refractivity contribution >= 4 is 42.3 Å². The van der Waals surface area contributed by atoms with Gasteiger partial charge in [0, 0.05) is 65.8 Å². The maximum atomic E-state index is 4.93. The van der Waals surface area contributed by atoms with Crippen LogP contribution in [0.2, 0.25) is 0 Å². The number of nitrogens with zero attached hydrogens (tertiary/aromatic N) is 5. The summed E-state index contributed by atoms with van der Waals surface area (Å²) in [5.74, 6) is 1.85. The van der Waals surface area contributed by atoms with Crippen LogP contribution in [0.1, 0.15) is 0 Å². The molecule has 0 atom stereocenters. The molecule has 0 aliphatic heterocycles. The maximum absolute atomic E-state index is 4.93. The molecule has 0 saturated heterocycles. The number of rotatable bonds is 5. The number of hydrogen-bond acceptors (Lipinski definition) is 6. The van der Waals surface area contributed by atoms with Crippen LogP contribution in [0, 0.1) is 0 Å². The Bertz CT molecular complexity index is 2520. The molecule has 6 heteroatoms. The van der Waals surface area contributed by atoms with Crippen LogP contribution in [0.25, 0.3) is 87.6 Å². The summed E-state index contributed by atoms with van der Waals surface area (Å²) in [6.07, 6.45) is 3.72. The number of fused-ring (bicyclic) bond motifs is 4. The molecule has 9 aromatic rings. The van der Waals surface area contributed by atoms with Crippen LogP contribution in [0.4, 0.5) is 0 Å². The zero-order valence-corrected chi connectivity index (χ0v) is 25.9. The van der Waals surface area contributed by atoms with E-state index in [2.05, 4.69) is 72.8 Å². The molecular weight excluding hydrogens is 595 g/mol. The Hall–Kier alpha value is -6.11. The number of pyridine rings is 2. The molecule has 0 bridgehead atoms. The van der Waals surface area contributed by atoms with Gasteiger partial charge in [-0.25, -0.2) is 15.0 Å². The first-order chi connectivity index (χ1) is 23.3. The van der Waals surface area contributed by atoms with Crippen LogP contribution in [-0.4, -0.2) is 24.9 Å². The lowest BCUT2D eigenvalue weighted by Crippen LogP contribution is -2.00. The molecule has 0 N–H and O–H groups in total. The predicted molar refractivity (Wildman–Crippen MR) is 193 cm³/mol. The van der Waals surface area contributed by atoms with Gasteiger partial charge in [-0.2, -0.15) is 0 Å². The molecule has 0 spiro atoms. The van der Waals surface area contributed by atoms with Crippen LogP contribution in [0.3, 0.4) is 0 Å². The van der Waals surface area contributed by atoms with Crippen molar-refractivity contribution in [3.05, 3.63) is 152 Å². The molecular formula is C41H25N5S. The quantitative estimate of drug-likeness (QED) is 0.192. The molecule has 9 rings (SSSR count). The lowest BCUT2D eigenvalue weighted by Gasteiger charge is -2.12. The summed E-state index contributed by atoms with van der Waals surface area (Å²) in [6.45, 7) is 0. The Morgan fingerprint density at radius 3 is 1.79 bits per heavy atom. The molecule has 0 amide bonds. The molecule has 220 valence electrons. The third-order valence-electron chi connectivity index (χ3n) is 8.45. The van der Waals surface area contributed by atoms with E-state index in [4.69, 9.17) is 24.9 Å². The van der Waals surface area contributed by atoms with Gasteiger partial charge in [0.2, 0.25) is 0 Å². The van der Waals surface area contributed by atoms with Gasteiger partial charge in [-0.3, -0.25) is 9.97 Å². The smallest absolute Gasteiger partial charge is 0.164 e. The minimum Gasteiger partial charge on any atom is -0.256 e. The van der Waals surface area contributed by atoms with Crippen molar-refractivity contribution in [1.29, 1.82) is 0 Å². The van der Waals surface area contributed by atoms with E-state index in [1.807, 2.05) is 90.5 Å². The second-order valence-electron chi connectivity index (χ2n) is 11.3. The Morgan fingerprint density at radius 2 is 1.02 bits per heavy atom. The highest BCUT2D eigenvalue weighted by Crippen LogP contribution is 2.39. The van der Waals surface area contributed by atoms with Crippen molar-refractivity contribution in [2.45, 2.75) is 0 Å². The zero-order chi connectivity index (χ0) is 31.2. The van der Waals surface area contributed by atoms with Crippen LogP contribution in [0.5, 0.6) is 0 Å². The summed E-state index contributed by atoms with van der Waals surface area (Å²) in [7, 11) is 0. The van der Waals surface area contributed by atoms with Gasteiger partial charge in [0.1, 0.15) is 0 Å². The number of benzene rings is 5. The van der Waals surface area contributed by atoms with Crippen molar-refractivity contribution in [3.8, 4) is 56.7 Å². The Morgan fingerprint density at radius 1 is 0.383 bits per heavy atom. The van der Waals surface area contributed by atoms with Crippen LogP contribution < -0.4 is 0 Å². The number of aromatic nitrogens is 5. The molecule has 0 radical (unpaired) electrons. The minimum atomic E-state index is 0.597. The van der Waals surface area contributed by atoms with Gasteiger partial charge < -0.3 is 0 Å². The van der Waals surface area contributed by atoms with Crippen molar-refractivity contribution in [3.63, 3.8) is 0 Å². The van der Waals surface area contributed by atoms with Crippen molar-refractivity contribution < 1.29 is 0 Å². The third kappa shape index (κ3) is 4.92. The average molecular weight is 620 g/mol. The maximum Gasteiger partial charge on any atom is 0.164 e. The fraction of sp³-hybridized carbons (Fsp3) is 0. The first-order valence-corrected chi connectivity index (χ1v) is 16.2. The van der Waals surface area contributed by atoms with Gasteiger partial charge >= 0.3 is 0 Å². The third-order valence-corrected chi connectivity index (χ3v) is 9.60. The lowest BCUT2D eigenvalue weighted by atomic mass is 9.97. The van der Waals surface area contributed by atoms with E-state index in [0.717, 1.165) is 50.0 Å².